The molecule has 3 aromatic rings. The summed E-state index contributed by atoms with van der Waals surface area (Å²) in [5.74, 6) is -1.28. The predicted molar refractivity (Wildman–Crippen MR) is 120 cm³/mol. The molecule has 0 spiro atoms. The third kappa shape index (κ3) is 5.47. The molecule has 2 heterocycles. The molecule has 2 N–H and O–H groups in total. The maximum atomic E-state index is 13.7. The van der Waals surface area contributed by atoms with E-state index in [1.807, 2.05) is 0 Å². The Bertz CT molecular complexity index is 1100. The van der Waals surface area contributed by atoms with Crippen molar-refractivity contribution in [2.75, 3.05) is 29.9 Å². The Labute approximate surface area is 188 Å². The third-order valence-corrected chi connectivity index (χ3v) is 6.10. The fraction of sp³-hybridized carbons (Fsp3) is 0.261. The Morgan fingerprint density at radius 1 is 1.12 bits per heavy atom. The molecule has 9 heteroatoms. The van der Waals surface area contributed by atoms with E-state index >= 15 is 0 Å². The van der Waals surface area contributed by atoms with Gasteiger partial charge < -0.3 is 10.2 Å². The molecule has 0 saturated carbocycles. The molecular weight excluding hydrogens is 434 g/mol. The zero-order chi connectivity index (χ0) is 22.5. The van der Waals surface area contributed by atoms with Crippen LogP contribution in [0.15, 0.2) is 53.9 Å². The Morgan fingerprint density at radius 2 is 1.91 bits per heavy atom. The molecule has 32 heavy (non-hydrogen) atoms. The molecule has 1 aliphatic rings. The van der Waals surface area contributed by atoms with Crippen LogP contribution in [0.5, 0.6) is 0 Å². The number of nitrogens with zero attached hydrogens (tertiary/aromatic N) is 2. The van der Waals surface area contributed by atoms with Crippen molar-refractivity contribution in [3.8, 4) is 0 Å². The number of nitrogens with one attached hydrogen (secondary N) is 2. The number of benzene rings is 2. The van der Waals surface area contributed by atoms with Crippen LogP contribution >= 0.6 is 11.3 Å². The average Bonchev–Trinajstić information content (AvgIpc) is 3.43. The largest absolute Gasteiger partial charge is 0.371 e. The van der Waals surface area contributed by atoms with Gasteiger partial charge in [0.1, 0.15) is 11.6 Å². The summed E-state index contributed by atoms with van der Waals surface area (Å²) in [5.41, 5.74) is 1.46. The van der Waals surface area contributed by atoms with Gasteiger partial charge in [0.05, 0.1) is 17.7 Å². The van der Waals surface area contributed by atoms with Gasteiger partial charge in [0, 0.05) is 30.7 Å². The van der Waals surface area contributed by atoms with E-state index in [-0.39, 0.29) is 23.7 Å². The van der Waals surface area contributed by atoms with Crippen LogP contribution in [-0.2, 0) is 11.2 Å². The first-order valence-corrected chi connectivity index (χ1v) is 11.1. The molecule has 2 amide bonds. The van der Waals surface area contributed by atoms with Gasteiger partial charge in [0.15, 0.2) is 5.13 Å². The smallest absolute Gasteiger partial charge is 0.260 e. The molecule has 1 atom stereocenters. The van der Waals surface area contributed by atoms with Gasteiger partial charge >= 0.3 is 0 Å². The molecule has 6 nitrogen and oxygen atoms in total. The third-order valence-electron chi connectivity index (χ3n) is 5.30. The highest BCUT2D eigenvalue weighted by Gasteiger charge is 2.23. The van der Waals surface area contributed by atoms with Crippen molar-refractivity contribution in [1.82, 2.24) is 10.3 Å². The fourth-order valence-electron chi connectivity index (χ4n) is 3.63. The molecule has 166 valence electrons. The summed E-state index contributed by atoms with van der Waals surface area (Å²) in [6.45, 7) is 2.22. The van der Waals surface area contributed by atoms with E-state index in [0.717, 1.165) is 25.2 Å². The number of carbonyl (C=O) groups excluding carboxylic acids is 2. The SMILES string of the molecule is O=C(Cc1csc(NC(=O)c2ccccc2F)n1)NCC1CCN(c2ccc(F)cc2)C1. The molecule has 1 aromatic heterocycles. The summed E-state index contributed by atoms with van der Waals surface area (Å²) in [4.78, 5) is 30.9. The summed E-state index contributed by atoms with van der Waals surface area (Å²) < 4.78 is 26.8. The average molecular weight is 457 g/mol. The first-order chi connectivity index (χ1) is 15.5. The van der Waals surface area contributed by atoms with E-state index in [9.17, 15) is 18.4 Å². The monoisotopic (exact) mass is 456 g/mol. The molecule has 0 radical (unpaired) electrons. The van der Waals surface area contributed by atoms with Gasteiger partial charge in [-0.15, -0.1) is 11.3 Å². The second kappa shape index (κ2) is 9.86. The fourth-order valence-corrected chi connectivity index (χ4v) is 4.33. The number of aromatic nitrogens is 1. The number of anilines is 2. The first kappa shape index (κ1) is 21.9. The molecule has 1 aliphatic heterocycles. The predicted octanol–water partition coefficient (Wildman–Crippen LogP) is 3.86. The molecule has 2 aromatic carbocycles. The maximum Gasteiger partial charge on any atom is 0.260 e. The van der Waals surface area contributed by atoms with Gasteiger partial charge in [-0.2, -0.15) is 0 Å². The Morgan fingerprint density at radius 3 is 2.69 bits per heavy atom. The minimum absolute atomic E-state index is 0.0618. The van der Waals surface area contributed by atoms with Crippen LogP contribution in [0.25, 0.3) is 0 Å². The second-order valence-electron chi connectivity index (χ2n) is 7.64. The summed E-state index contributed by atoms with van der Waals surface area (Å²) in [7, 11) is 0. The Balaban J connectivity index is 1.23. The van der Waals surface area contributed by atoms with Crippen molar-refractivity contribution in [3.63, 3.8) is 0 Å². The number of rotatable bonds is 7. The van der Waals surface area contributed by atoms with Crippen LogP contribution in [0.3, 0.4) is 0 Å². The Kier molecular flexibility index (Phi) is 6.75. The lowest BCUT2D eigenvalue weighted by atomic mass is 10.1. The number of thiazole rings is 1. The van der Waals surface area contributed by atoms with Crippen LogP contribution in [0.2, 0.25) is 0 Å². The standard InChI is InChI=1S/C23H22F2N4O2S/c24-16-5-7-18(8-6-16)29-10-9-15(13-29)12-26-21(30)11-17-14-32-23(27-17)28-22(31)19-3-1-2-4-20(19)25/h1-8,14-15H,9-13H2,(H,26,30)(H,27,28,31). The van der Waals surface area contributed by atoms with E-state index < -0.39 is 11.7 Å². The molecule has 1 fully saturated rings. The summed E-state index contributed by atoms with van der Waals surface area (Å²) >= 11 is 1.18. The van der Waals surface area contributed by atoms with Crippen molar-refractivity contribution in [2.45, 2.75) is 12.8 Å². The summed E-state index contributed by atoms with van der Waals surface area (Å²) in [6.07, 6.45) is 1.04. The lowest BCUT2D eigenvalue weighted by molar-refractivity contribution is -0.120. The van der Waals surface area contributed by atoms with E-state index in [0.29, 0.717) is 23.3 Å². The van der Waals surface area contributed by atoms with E-state index in [1.165, 1.54) is 41.7 Å². The van der Waals surface area contributed by atoms with Crippen molar-refractivity contribution >= 4 is 34.0 Å². The van der Waals surface area contributed by atoms with Crippen molar-refractivity contribution < 1.29 is 18.4 Å². The zero-order valence-corrected chi connectivity index (χ0v) is 18.0. The van der Waals surface area contributed by atoms with Gasteiger partial charge in [-0.25, -0.2) is 13.8 Å². The minimum Gasteiger partial charge on any atom is -0.371 e. The number of halogens is 2. The van der Waals surface area contributed by atoms with Crippen LogP contribution in [0.1, 0.15) is 22.5 Å². The van der Waals surface area contributed by atoms with Crippen molar-refractivity contribution in [1.29, 1.82) is 0 Å². The van der Waals surface area contributed by atoms with Crippen molar-refractivity contribution in [3.05, 3.63) is 76.8 Å². The molecule has 0 aliphatic carbocycles. The molecular formula is C23H22F2N4O2S. The highest BCUT2D eigenvalue weighted by atomic mass is 32.1. The molecule has 1 saturated heterocycles. The van der Waals surface area contributed by atoms with E-state index in [4.69, 9.17) is 0 Å². The zero-order valence-electron chi connectivity index (χ0n) is 17.2. The second-order valence-corrected chi connectivity index (χ2v) is 8.49. The van der Waals surface area contributed by atoms with Crippen LogP contribution in [0, 0.1) is 17.6 Å². The number of hydrogen-bond donors (Lipinski definition) is 2. The normalized spacial score (nSPS) is 15.6. The number of amides is 2. The topological polar surface area (TPSA) is 74.3 Å². The van der Waals surface area contributed by atoms with Gasteiger partial charge in [0.2, 0.25) is 5.91 Å². The number of carbonyl (C=O) groups is 2. The lowest BCUT2D eigenvalue weighted by Gasteiger charge is -2.18. The van der Waals surface area contributed by atoms with Gasteiger partial charge in [-0.3, -0.25) is 14.9 Å². The quantitative estimate of drug-likeness (QED) is 0.566. The maximum absolute atomic E-state index is 13.7. The molecule has 1 unspecified atom stereocenters. The molecule has 4 rings (SSSR count). The first-order valence-electron chi connectivity index (χ1n) is 10.3. The summed E-state index contributed by atoms with van der Waals surface area (Å²) in [5, 5.41) is 7.51. The lowest BCUT2D eigenvalue weighted by Crippen LogP contribution is -2.32. The van der Waals surface area contributed by atoms with Crippen LogP contribution < -0.4 is 15.5 Å². The number of hydrogen-bond acceptors (Lipinski definition) is 5. The van der Waals surface area contributed by atoms with Gasteiger partial charge in [-0.05, 0) is 48.7 Å². The van der Waals surface area contributed by atoms with Crippen LogP contribution in [0.4, 0.5) is 19.6 Å². The van der Waals surface area contributed by atoms with Crippen molar-refractivity contribution in [2.24, 2.45) is 5.92 Å². The van der Waals surface area contributed by atoms with E-state index in [2.05, 4.69) is 20.5 Å². The van der Waals surface area contributed by atoms with Gasteiger partial charge in [0.25, 0.3) is 5.91 Å². The Hall–Kier alpha value is -3.33. The molecule has 0 bridgehead atoms. The van der Waals surface area contributed by atoms with E-state index in [1.54, 1.807) is 23.6 Å². The summed E-state index contributed by atoms with van der Waals surface area (Å²) in [6, 6.07) is 12.1. The van der Waals surface area contributed by atoms with Crippen LogP contribution in [-0.4, -0.2) is 36.4 Å². The van der Waals surface area contributed by atoms with Gasteiger partial charge in [-0.1, -0.05) is 12.1 Å². The minimum atomic E-state index is -0.605. The highest BCUT2D eigenvalue weighted by Crippen LogP contribution is 2.24. The highest BCUT2D eigenvalue weighted by molar-refractivity contribution is 7.14.